The van der Waals surface area contributed by atoms with Crippen molar-refractivity contribution in [3.8, 4) is 23.0 Å². The van der Waals surface area contributed by atoms with E-state index in [2.05, 4.69) is 32.2 Å². The van der Waals surface area contributed by atoms with Crippen LogP contribution in [0.2, 0.25) is 0 Å². The first-order valence-corrected chi connectivity index (χ1v) is 8.38. The van der Waals surface area contributed by atoms with E-state index >= 15 is 0 Å². The van der Waals surface area contributed by atoms with Crippen molar-refractivity contribution in [3.05, 3.63) is 42.2 Å². The number of rotatable bonds is 3. The molecule has 1 aliphatic heterocycles. The van der Waals surface area contributed by atoms with E-state index in [0.717, 1.165) is 24.8 Å². The molecule has 4 rings (SSSR count). The Morgan fingerprint density at radius 1 is 1.04 bits per heavy atom. The van der Waals surface area contributed by atoms with Crippen LogP contribution in [-0.4, -0.2) is 33.4 Å². The van der Waals surface area contributed by atoms with E-state index in [-0.39, 0.29) is 5.82 Å². The Labute approximate surface area is 144 Å². The quantitative estimate of drug-likeness (QED) is 0.727. The minimum atomic E-state index is -0.305. The fourth-order valence-corrected chi connectivity index (χ4v) is 2.89. The van der Waals surface area contributed by atoms with Crippen LogP contribution in [0.3, 0.4) is 0 Å². The summed E-state index contributed by atoms with van der Waals surface area (Å²) in [4.78, 5) is 6.56. The van der Waals surface area contributed by atoms with E-state index in [9.17, 15) is 4.39 Å². The highest BCUT2D eigenvalue weighted by molar-refractivity contribution is 5.58. The first-order valence-electron chi connectivity index (χ1n) is 8.38. The Morgan fingerprint density at radius 3 is 2.48 bits per heavy atom. The average Bonchev–Trinajstić information content (AvgIpc) is 3.13. The lowest BCUT2D eigenvalue weighted by Crippen LogP contribution is -2.33. The molecule has 0 atom stereocenters. The summed E-state index contributed by atoms with van der Waals surface area (Å²) < 4.78 is 18.3. The maximum absolute atomic E-state index is 13.0. The molecule has 128 valence electrons. The molecule has 6 nitrogen and oxygen atoms in total. The molecule has 1 aromatic carbocycles. The third-order valence-corrected chi connectivity index (χ3v) is 4.51. The summed E-state index contributed by atoms with van der Waals surface area (Å²) >= 11 is 0. The predicted octanol–water partition coefficient (Wildman–Crippen LogP) is 3.57. The minimum absolute atomic E-state index is 0.297. The van der Waals surface area contributed by atoms with Crippen LogP contribution in [0.1, 0.15) is 19.8 Å². The van der Waals surface area contributed by atoms with Gasteiger partial charge in [0, 0.05) is 18.7 Å². The highest BCUT2D eigenvalue weighted by Gasteiger charge is 2.18. The SMILES string of the molecule is CC1CCN(c2ccc(-c3nc(-c4ccc(F)cc4)no3)nn2)CC1. The number of benzene rings is 1. The second-order valence-corrected chi connectivity index (χ2v) is 6.38. The van der Waals surface area contributed by atoms with Gasteiger partial charge in [-0.05, 0) is 55.2 Å². The van der Waals surface area contributed by atoms with E-state index in [1.54, 1.807) is 12.1 Å². The van der Waals surface area contributed by atoms with Crippen LogP contribution < -0.4 is 4.90 Å². The van der Waals surface area contributed by atoms with Crippen LogP contribution in [0.25, 0.3) is 23.0 Å². The van der Waals surface area contributed by atoms with Gasteiger partial charge >= 0.3 is 0 Å². The lowest BCUT2D eigenvalue weighted by Gasteiger charge is -2.30. The number of piperidine rings is 1. The standard InChI is InChI=1S/C18H18FN5O/c1-12-8-10-24(11-9-12)16-7-6-15(21-22-16)18-20-17(23-25-18)13-2-4-14(19)5-3-13/h2-7,12H,8-11H2,1H3. The van der Waals surface area contributed by atoms with Gasteiger partial charge in [0.2, 0.25) is 5.82 Å². The van der Waals surface area contributed by atoms with Gasteiger partial charge in [0.1, 0.15) is 5.82 Å². The molecule has 0 saturated carbocycles. The number of hydrogen-bond acceptors (Lipinski definition) is 6. The van der Waals surface area contributed by atoms with Gasteiger partial charge in [-0.1, -0.05) is 12.1 Å². The maximum atomic E-state index is 13.0. The van der Waals surface area contributed by atoms with Gasteiger partial charge < -0.3 is 9.42 Å². The molecular formula is C18H18FN5O. The maximum Gasteiger partial charge on any atom is 0.278 e. The van der Waals surface area contributed by atoms with Crippen molar-refractivity contribution in [1.29, 1.82) is 0 Å². The summed E-state index contributed by atoms with van der Waals surface area (Å²) in [5, 5.41) is 12.4. The zero-order chi connectivity index (χ0) is 17.2. The second kappa shape index (κ2) is 6.58. The van der Waals surface area contributed by atoms with Crippen LogP contribution >= 0.6 is 0 Å². The highest BCUT2D eigenvalue weighted by Crippen LogP contribution is 2.24. The largest absolute Gasteiger partial charge is 0.355 e. The van der Waals surface area contributed by atoms with Crippen LogP contribution in [-0.2, 0) is 0 Å². The highest BCUT2D eigenvalue weighted by atomic mass is 19.1. The molecule has 2 aromatic heterocycles. The average molecular weight is 339 g/mol. The third-order valence-electron chi connectivity index (χ3n) is 4.51. The number of anilines is 1. The topological polar surface area (TPSA) is 67.9 Å². The lowest BCUT2D eigenvalue weighted by molar-refractivity contribution is 0.429. The van der Waals surface area contributed by atoms with Gasteiger partial charge in [-0.15, -0.1) is 10.2 Å². The monoisotopic (exact) mass is 339 g/mol. The number of aromatic nitrogens is 4. The van der Waals surface area contributed by atoms with Crippen molar-refractivity contribution in [3.63, 3.8) is 0 Å². The molecule has 3 aromatic rings. The number of hydrogen-bond donors (Lipinski definition) is 0. The normalized spacial score (nSPS) is 15.5. The fourth-order valence-electron chi connectivity index (χ4n) is 2.89. The zero-order valence-corrected chi connectivity index (χ0v) is 13.9. The first kappa shape index (κ1) is 15.7. The van der Waals surface area contributed by atoms with Gasteiger partial charge in [-0.3, -0.25) is 0 Å². The molecule has 1 saturated heterocycles. The smallest absolute Gasteiger partial charge is 0.278 e. The molecule has 0 amide bonds. The summed E-state index contributed by atoms with van der Waals surface area (Å²) in [7, 11) is 0. The van der Waals surface area contributed by atoms with E-state index < -0.39 is 0 Å². The molecule has 0 aliphatic carbocycles. The summed E-state index contributed by atoms with van der Waals surface area (Å²) in [6.45, 7) is 4.29. The minimum Gasteiger partial charge on any atom is -0.355 e. The molecule has 0 N–H and O–H groups in total. The molecule has 25 heavy (non-hydrogen) atoms. The summed E-state index contributed by atoms with van der Waals surface area (Å²) in [5.41, 5.74) is 1.21. The van der Waals surface area contributed by atoms with Crippen molar-refractivity contribution in [2.75, 3.05) is 18.0 Å². The van der Waals surface area contributed by atoms with E-state index in [0.29, 0.717) is 23.0 Å². The van der Waals surface area contributed by atoms with Crippen molar-refractivity contribution in [2.45, 2.75) is 19.8 Å². The van der Waals surface area contributed by atoms with Crippen molar-refractivity contribution >= 4 is 5.82 Å². The molecule has 1 fully saturated rings. The first-order chi connectivity index (χ1) is 12.2. The summed E-state index contributed by atoms with van der Waals surface area (Å²) in [5.74, 6) is 2.03. The Hall–Kier alpha value is -2.83. The summed E-state index contributed by atoms with van der Waals surface area (Å²) in [6.07, 6.45) is 2.35. The van der Waals surface area contributed by atoms with Crippen molar-refractivity contribution < 1.29 is 8.91 Å². The van der Waals surface area contributed by atoms with Gasteiger partial charge in [0.25, 0.3) is 5.89 Å². The fraction of sp³-hybridized carbons (Fsp3) is 0.333. The molecule has 0 radical (unpaired) electrons. The van der Waals surface area contributed by atoms with Crippen LogP contribution in [0.5, 0.6) is 0 Å². The van der Waals surface area contributed by atoms with E-state index in [1.807, 2.05) is 12.1 Å². The van der Waals surface area contributed by atoms with Gasteiger partial charge in [0.15, 0.2) is 11.5 Å². The zero-order valence-electron chi connectivity index (χ0n) is 13.9. The third kappa shape index (κ3) is 3.35. The van der Waals surface area contributed by atoms with Crippen LogP contribution in [0, 0.1) is 11.7 Å². The van der Waals surface area contributed by atoms with Gasteiger partial charge in [-0.25, -0.2) is 4.39 Å². The predicted molar refractivity (Wildman–Crippen MR) is 91.3 cm³/mol. The summed E-state index contributed by atoms with van der Waals surface area (Å²) in [6, 6.07) is 9.70. The Kier molecular flexibility index (Phi) is 4.13. The number of nitrogens with zero attached hydrogens (tertiary/aromatic N) is 5. The molecule has 0 unspecified atom stereocenters. The molecule has 3 heterocycles. The van der Waals surface area contributed by atoms with Gasteiger partial charge in [0.05, 0.1) is 0 Å². The molecule has 0 spiro atoms. The number of halogens is 1. The molecule has 1 aliphatic rings. The Bertz CT molecular complexity index is 839. The Morgan fingerprint density at radius 2 is 1.80 bits per heavy atom. The molecule has 0 bridgehead atoms. The second-order valence-electron chi connectivity index (χ2n) is 6.38. The van der Waals surface area contributed by atoms with Crippen LogP contribution in [0.15, 0.2) is 40.9 Å². The Balaban J connectivity index is 1.51. The van der Waals surface area contributed by atoms with E-state index in [1.165, 1.54) is 25.0 Å². The molecular weight excluding hydrogens is 321 g/mol. The molecule has 7 heteroatoms. The lowest BCUT2D eigenvalue weighted by atomic mass is 9.99. The van der Waals surface area contributed by atoms with Crippen molar-refractivity contribution in [1.82, 2.24) is 20.3 Å². The van der Waals surface area contributed by atoms with Crippen LogP contribution in [0.4, 0.5) is 10.2 Å². The van der Waals surface area contributed by atoms with Gasteiger partial charge in [-0.2, -0.15) is 4.98 Å². The van der Waals surface area contributed by atoms with Crippen molar-refractivity contribution in [2.24, 2.45) is 5.92 Å². The van der Waals surface area contributed by atoms with E-state index in [4.69, 9.17) is 4.52 Å².